The van der Waals surface area contributed by atoms with Crippen LogP contribution >= 0.6 is 23.2 Å². The number of halogens is 3. The van der Waals surface area contributed by atoms with E-state index in [1.165, 1.54) is 19.2 Å². The Bertz CT molecular complexity index is 931. The Morgan fingerprint density at radius 2 is 1.59 bits per heavy atom. The highest BCUT2D eigenvalue weighted by atomic mass is 35.5. The van der Waals surface area contributed by atoms with Crippen LogP contribution in [0.15, 0.2) is 36.4 Å². The third-order valence-electron chi connectivity index (χ3n) is 4.09. The number of nitrogens with one attached hydrogen (secondary N) is 2. The lowest BCUT2D eigenvalue weighted by Gasteiger charge is -2.13. The summed E-state index contributed by atoms with van der Waals surface area (Å²) >= 11 is 11.5. The molecular formula is C21H23Cl2FN2O6. The quantitative estimate of drug-likeness (QED) is 0.423. The summed E-state index contributed by atoms with van der Waals surface area (Å²) in [7, 11) is 1.47. The minimum Gasteiger partial charge on any atom is -0.495 e. The summed E-state index contributed by atoms with van der Waals surface area (Å²) in [5.41, 5.74) is 0. The van der Waals surface area contributed by atoms with Crippen molar-refractivity contribution >= 4 is 35.0 Å². The molecular weight excluding hydrogens is 466 g/mol. The number of hydrogen-bond acceptors (Lipinski definition) is 6. The molecule has 0 aromatic heterocycles. The second-order valence-corrected chi connectivity index (χ2v) is 7.36. The molecule has 0 bridgehead atoms. The van der Waals surface area contributed by atoms with Crippen molar-refractivity contribution in [1.29, 1.82) is 0 Å². The van der Waals surface area contributed by atoms with Crippen LogP contribution in [-0.4, -0.2) is 56.4 Å². The Labute approximate surface area is 194 Å². The smallest absolute Gasteiger partial charge is 0.258 e. The lowest BCUT2D eigenvalue weighted by atomic mass is 10.2. The third-order valence-corrected chi connectivity index (χ3v) is 4.71. The SMILES string of the molecule is COc1cc(OCC(=O)NC[C@@H](O)CCNC(=O)COc2ccc(Cl)c(F)c2)ccc1Cl. The van der Waals surface area contributed by atoms with E-state index in [1.54, 1.807) is 18.2 Å². The zero-order valence-electron chi connectivity index (χ0n) is 17.2. The van der Waals surface area contributed by atoms with Crippen molar-refractivity contribution in [3.8, 4) is 17.2 Å². The molecule has 0 aliphatic rings. The Morgan fingerprint density at radius 1 is 1.00 bits per heavy atom. The summed E-state index contributed by atoms with van der Waals surface area (Å²) in [6.07, 6.45) is -0.669. The lowest BCUT2D eigenvalue weighted by molar-refractivity contribution is -0.124. The van der Waals surface area contributed by atoms with Gasteiger partial charge >= 0.3 is 0 Å². The molecule has 2 aromatic rings. The first-order valence-electron chi connectivity index (χ1n) is 9.54. The lowest BCUT2D eigenvalue weighted by Crippen LogP contribution is -2.37. The van der Waals surface area contributed by atoms with Crippen molar-refractivity contribution in [1.82, 2.24) is 10.6 Å². The van der Waals surface area contributed by atoms with Gasteiger partial charge in [0.05, 0.1) is 23.3 Å². The summed E-state index contributed by atoms with van der Waals surface area (Å²) < 4.78 is 28.9. The van der Waals surface area contributed by atoms with Gasteiger partial charge in [-0.2, -0.15) is 0 Å². The second kappa shape index (κ2) is 12.9. The summed E-state index contributed by atoms with van der Waals surface area (Å²) in [5.74, 6) is -0.507. The van der Waals surface area contributed by atoms with Gasteiger partial charge in [0.2, 0.25) is 0 Å². The highest BCUT2D eigenvalue weighted by Gasteiger charge is 2.10. The molecule has 2 amide bonds. The molecule has 0 saturated carbocycles. The van der Waals surface area contributed by atoms with E-state index in [0.717, 1.165) is 6.07 Å². The summed E-state index contributed by atoms with van der Waals surface area (Å²) in [6, 6.07) is 8.59. The number of amides is 2. The number of carbonyl (C=O) groups is 2. The average molecular weight is 489 g/mol. The van der Waals surface area contributed by atoms with Crippen LogP contribution in [0.4, 0.5) is 4.39 Å². The monoisotopic (exact) mass is 488 g/mol. The fraction of sp³-hybridized carbons (Fsp3) is 0.333. The Balaban J connectivity index is 1.59. The van der Waals surface area contributed by atoms with Crippen molar-refractivity contribution in [3.05, 3.63) is 52.3 Å². The maximum atomic E-state index is 13.3. The minimum absolute atomic E-state index is 0.0114. The largest absolute Gasteiger partial charge is 0.495 e. The van der Waals surface area contributed by atoms with E-state index >= 15 is 0 Å². The van der Waals surface area contributed by atoms with Gasteiger partial charge in [-0.15, -0.1) is 0 Å². The summed E-state index contributed by atoms with van der Waals surface area (Å²) in [4.78, 5) is 23.6. The maximum absolute atomic E-state index is 13.3. The van der Waals surface area contributed by atoms with Crippen molar-refractivity contribution in [3.63, 3.8) is 0 Å². The fourth-order valence-corrected chi connectivity index (χ4v) is 2.72. The first-order valence-corrected chi connectivity index (χ1v) is 10.3. The molecule has 8 nitrogen and oxygen atoms in total. The number of methoxy groups -OCH3 is 1. The Morgan fingerprint density at radius 3 is 2.22 bits per heavy atom. The van der Waals surface area contributed by atoms with Crippen LogP contribution in [0.2, 0.25) is 10.0 Å². The van der Waals surface area contributed by atoms with Crippen LogP contribution < -0.4 is 24.8 Å². The van der Waals surface area contributed by atoms with E-state index in [2.05, 4.69) is 10.6 Å². The first-order chi connectivity index (χ1) is 15.3. The summed E-state index contributed by atoms with van der Waals surface area (Å²) in [5, 5.41) is 15.4. The molecule has 3 N–H and O–H groups in total. The second-order valence-electron chi connectivity index (χ2n) is 6.55. The molecule has 0 fully saturated rings. The van der Waals surface area contributed by atoms with E-state index in [1.807, 2.05) is 0 Å². The molecule has 174 valence electrons. The van der Waals surface area contributed by atoms with E-state index in [-0.39, 0.29) is 43.5 Å². The van der Waals surface area contributed by atoms with Crippen molar-refractivity contribution < 1.29 is 33.3 Å². The van der Waals surface area contributed by atoms with Crippen molar-refractivity contribution in [2.45, 2.75) is 12.5 Å². The predicted octanol–water partition coefficient (Wildman–Crippen LogP) is 2.58. The molecule has 0 radical (unpaired) electrons. The van der Waals surface area contributed by atoms with Crippen LogP contribution in [0.3, 0.4) is 0 Å². The Kier molecular flexibility index (Phi) is 10.3. The number of benzene rings is 2. The van der Waals surface area contributed by atoms with Crippen LogP contribution in [-0.2, 0) is 9.59 Å². The molecule has 11 heteroatoms. The minimum atomic E-state index is -0.874. The Hall–Kier alpha value is -2.75. The van der Waals surface area contributed by atoms with Gasteiger partial charge in [-0.25, -0.2) is 4.39 Å². The number of aliphatic hydroxyl groups excluding tert-OH is 1. The number of aliphatic hydroxyl groups is 1. The van der Waals surface area contributed by atoms with E-state index < -0.39 is 23.7 Å². The van der Waals surface area contributed by atoms with Gasteiger partial charge in [0.15, 0.2) is 13.2 Å². The number of carbonyl (C=O) groups excluding carboxylic acids is 2. The van der Waals surface area contributed by atoms with E-state index in [4.69, 9.17) is 37.4 Å². The van der Waals surface area contributed by atoms with Crippen LogP contribution in [0, 0.1) is 5.82 Å². The molecule has 0 unspecified atom stereocenters. The normalized spacial score (nSPS) is 11.4. The highest BCUT2D eigenvalue weighted by Crippen LogP contribution is 2.28. The molecule has 0 aliphatic heterocycles. The zero-order chi connectivity index (χ0) is 23.5. The molecule has 1 atom stereocenters. The number of hydrogen-bond donors (Lipinski definition) is 3. The van der Waals surface area contributed by atoms with Gasteiger partial charge in [0, 0.05) is 25.2 Å². The van der Waals surface area contributed by atoms with Crippen LogP contribution in [0.5, 0.6) is 17.2 Å². The molecule has 0 heterocycles. The highest BCUT2D eigenvalue weighted by molar-refractivity contribution is 6.32. The van der Waals surface area contributed by atoms with Crippen molar-refractivity contribution in [2.75, 3.05) is 33.4 Å². The summed E-state index contributed by atoms with van der Waals surface area (Å²) in [6.45, 7) is -0.421. The zero-order valence-corrected chi connectivity index (χ0v) is 18.7. The topological polar surface area (TPSA) is 106 Å². The number of ether oxygens (including phenoxy) is 3. The number of rotatable bonds is 12. The van der Waals surface area contributed by atoms with Gasteiger partial charge < -0.3 is 30.0 Å². The standard InChI is InChI=1S/C21H23Cl2FN2O6/c1-30-19-9-15(3-5-17(19)23)32-12-21(29)26-10-13(27)6-7-25-20(28)11-31-14-2-4-16(22)18(24)8-14/h2-5,8-9,13,27H,6-7,10-12H2,1H3,(H,25,28)(H,26,29)/t13-/m0/s1. The van der Waals surface area contributed by atoms with Gasteiger partial charge in [-0.3, -0.25) is 9.59 Å². The molecule has 0 spiro atoms. The molecule has 32 heavy (non-hydrogen) atoms. The van der Waals surface area contributed by atoms with Gasteiger partial charge in [0.1, 0.15) is 23.1 Å². The average Bonchev–Trinajstić information content (AvgIpc) is 2.77. The van der Waals surface area contributed by atoms with Crippen LogP contribution in [0.25, 0.3) is 0 Å². The van der Waals surface area contributed by atoms with E-state index in [9.17, 15) is 19.1 Å². The van der Waals surface area contributed by atoms with Gasteiger partial charge in [-0.1, -0.05) is 23.2 Å². The van der Waals surface area contributed by atoms with Gasteiger partial charge in [0.25, 0.3) is 11.8 Å². The van der Waals surface area contributed by atoms with Crippen molar-refractivity contribution in [2.24, 2.45) is 0 Å². The van der Waals surface area contributed by atoms with Crippen LogP contribution in [0.1, 0.15) is 6.42 Å². The maximum Gasteiger partial charge on any atom is 0.258 e. The molecule has 2 aromatic carbocycles. The van der Waals surface area contributed by atoms with E-state index in [0.29, 0.717) is 16.5 Å². The first kappa shape index (κ1) is 25.5. The predicted molar refractivity (Wildman–Crippen MR) is 117 cm³/mol. The fourth-order valence-electron chi connectivity index (χ4n) is 2.41. The van der Waals surface area contributed by atoms with Gasteiger partial charge in [-0.05, 0) is 30.7 Å². The molecule has 2 rings (SSSR count). The molecule has 0 aliphatic carbocycles. The molecule has 0 saturated heterocycles. The third kappa shape index (κ3) is 8.78.